The van der Waals surface area contributed by atoms with Crippen LogP contribution >= 0.6 is 11.6 Å². The molecule has 2 aromatic rings. The molecule has 3 rings (SSSR count). The van der Waals surface area contributed by atoms with Gasteiger partial charge in [0.25, 0.3) is 0 Å². The fourth-order valence-electron chi connectivity index (χ4n) is 3.51. The minimum atomic E-state index is -1.42. The Bertz CT molecular complexity index is 829. The lowest BCUT2D eigenvalue weighted by atomic mass is 9.92. The lowest BCUT2D eigenvalue weighted by molar-refractivity contribution is -0.300. The Morgan fingerprint density at radius 1 is 0.968 bits per heavy atom. The summed E-state index contributed by atoms with van der Waals surface area (Å²) >= 11 is 6.41. The summed E-state index contributed by atoms with van der Waals surface area (Å²) in [6, 6.07) is 13.1. The zero-order chi connectivity index (χ0) is 22.4. The maximum absolute atomic E-state index is 10.5. The van der Waals surface area contributed by atoms with Crippen molar-refractivity contribution in [1.29, 1.82) is 0 Å². The second-order valence-corrected chi connectivity index (χ2v) is 7.77. The van der Waals surface area contributed by atoms with Gasteiger partial charge in [-0.25, -0.2) is 0 Å². The molecule has 0 amide bonds. The number of rotatable bonds is 9. The van der Waals surface area contributed by atoms with Crippen molar-refractivity contribution in [2.45, 2.75) is 44.1 Å². The minimum absolute atomic E-state index is 0.178. The molecule has 0 aromatic heterocycles. The first-order valence-electron chi connectivity index (χ1n) is 10.2. The number of methoxy groups -OCH3 is 1. The van der Waals surface area contributed by atoms with E-state index in [1.54, 1.807) is 12.1 Å². The summed E-state index contributed by atoms with van der Waals surface area (Å²) in [6.45, 7) is 3.03. The summed E-state index contributed by atoms with van der Waals surface area (Å²) < 4.78 is 21.7. The topological polar surface area (TPSA) is 97.6 Å². The van der Waals surface area contributed by atoms with Crippen LogP contribution in [0.4, 0.5) is 0 Å². The highest BCUT2D eigenvalue weighted by atomic mass is 35.5. The van der Waals surface area contributed by atoms with Gasteiger partial charge in [0.05, 0.1) is 19.8 Å². The number of ether oxygens (including phenoxy) is 4. The Morgan fingerprint density at radius 2 is 1.71 bits per heavy atom. The number of aliphatic hydroxyl groups is 3. The van der Waals surface area contributed by atoms with Crippen molar-refractivity contribution in [2.24, 2.45) is 0 Å². The molecule has 3 N–H and O–H groups in total. The molecule has 7 nitrogen and oxygen atoms in total. The van der Waals surface area contributed by atoms with Crippen LogP contribution in [-0.4, -0.2) is 66.9 Å². The second kappa shape index (κ2) is 11.2. The van der Waals surface area contributed by atoms with Crippen LogP contribution in [0.2, 0.25) is 5.02 Å². The van der Waals surface area contributed by atoms with Crippen LogP contribution in [-0.2, 0) is 20.6 Å². The fourth-order valence-corrected chi connectivity index (χ4v) is 3.69. The van der Waals surface area contributed by atoms with Gasteiger partial charge in [-0.2, -0.15) is 0 Å². The van der Waals surface area contributed by atoms with Gasteiger partial charge in [0.15, 0.2) is 6.29 Å². The molecule has 0 radical (unpaired) electrons. The average Bonchev–Trinajstić information content (AvgIpc) is 2.77. The molecule has 0 spiro atoms. The first-order chi connectivity index (χ1) is 14.9. The molecule has 0 saturated carbocycles. The number of hydrogen-bond acceptors (Lipinski definition) is 7. The summed E-state index contributed by atoms with van der Waals surface area (Å²) in [7, 11) is 1.53. The maximum atomic E-state index is 10.5. The van der Waals surface area contributed by atoms with Crippen LogP contribution < -0.4 is 4.74 Å². The average molecular weight is 453 g/mol. The Morgan fingerprint density at radius 3 is 2.39 bits per heavy atom. The fraction of sp³-hybridized carbons (Fsp3) is 0.478. The van der Waals surface area contributed by atoms with E-state index in [1.165, 1.54) is 7.11 Å². The van der Waals surface area contributed by atoms with Crippen LogP contribution in [0.15, 0.2) is 42.5 Å². The number of hydrogen-bond donors (Lipinski definition) is 3. The Balaban J connectivity index is 1.78. The zero-order valence-electron chi connectivity index (χ0n) is 17.6. The van der Waals surface area contributed by atoms with Crippen molar-refractivity contribution in [1.82, 2.24) is 0 Å². The summed E-state index contributed by atoms with van der Waals surface area (Å²) in [5.41, 5.74) is 2.52. The zero-order valence-corrected chi connectivity index (χ0v) is 18.4. The lowest BCUT2D eigenvalue weighted by Crippen LogP contribution is -2.55. The van der Waals surface area contributed by atoms with E-state index >= 15 is 0 Å². The van der Waals surface area contributed by atoms with Crippen molar-refractivity contribution in [3.8, 4) is 5.75 Å². The standard InChI is InChI=1S/C23H29ClO7/c1-3-29-17-7-4-14(5-8-17)12-16-13-15(6-9-18(16)24)22-20(26)19(25)21(27)23(31-22)30-11-10-28-2/h4-9,13,19-23,25-27H,3,10-12H2,1-2H3/t19-,20-,21+,22+,23?/m1/s1. The highest BCUT2D eigenvalue weighted by Crippen LogP contribution is 2.35. The summed E-state index contributed by atoms with van der Waals surface area (Å²) in [5, 5.41) is 31.6. The molecule has 1 unspecified atom stereocenters. The van der Waals surface area contributed by atoms with E-state index in [4.69, 9.17) is 30.5 Å². The van der Waals surface area contributed by atoms with Crippen LogP contribution in [0.1, 0.15) is 29.7 Å². The molecular formula is C23H29ClO7. The quantitative estimate of drug-likeness (QED) is 0.503. The maximum Gasteiger partial charge on any atom is 0.187 e. The van der Waals surface area contributed by atoms with Crippen LogP contribution in [0, 0.1) is 0 Å². The predicted octanol–water partition coefficient (Wildman–Crippen LogP) is 2.47. The Labute approximate surface area is 187 Å². The highest BCUT2D eigenvalue weighted by molar-refractivity contribution is 6.31. The van der Waals surface area contributed by atoms with Gasteiger partial charge >= 0.3 is 0 Å². The van der Waals surface area contributed by atoms with Gasteiger partial charge < -0.3 is 34.3 Å². The Hall–Kier alpha value is -1.71. The molecule has 2 aromatic carbocycles. The molecule has 31 heavy (non-hydrogen) atoms. The minimum Gasteiger partial charge on any atom is -0.494 e. The number of halogens is 1. The third-order valence-electron chi connectivity index (χ3n) is 5.17. The molecule has 1 fully saturated rings. The first-order valence-corrected chi connectivity index (χ1v) is 10.6. The van der Waals surface area contributed by atoms with Gasteiger partial charge in [-0.15, -0.1) is 0 Å². The third-order valence-corrected chi connectivity index (χ3v) is 5.54. The number of benzene rings is 2. The van der Waals surface area contributed by atoms with Crippen molar-refractivity contribution in [3.05, 3.63) is 64.2 Å². The van der Waals surface area contributed by atoms with E-state index < -0.39 is 30.7 Å². The molecule has 1 aliphatic heterocycles. The van der Waals surface area contributed by atoms with Crippen molar-refractivity contribution >= 4 is 11.6 Å². The van der Waals surface area contributed by atoms with Crippen LogP contribution in [0.25, 0.3) is 0 Å². The number of aliphatic hydroxyl groups excluding tert-OH is 3. The monoisotopic (exact) mass is 452 g/mol. The third kappa shape index (κ3) is 5.96. The molecule has 0 aliphatic carbocycles. The largest absolute Gasteiger partial charge is 0.494 e. The van der Waals surface area contributed by atoms with E-state index in [1.807, 2.05) is 37.3 Å². The molecular weight excluding hydrogens is 424 g/mol. The molecule has 0 bridgehead atoms. The van der Waals surface area contributed by atoms with Gasteiger partial charge in [-0.1, -0.05) is 35.9 Å². The molecule has 1 saturated heterocycles. The van der Waals surface area contributed by atoms with Gasteiger partial charge in [0, 0.05) is 12.1 Å². The van der Waals surface area contributed by atoms with Crippen molar-refractivity contribution in [2.75, 3.05) is 26.9 Å². The van der Waals surface area contributed by atoms with Crippen molar-refractivity contribution in [3.63, 3.8) is 0 Å². The van der Waals surface area contributed by atoms with E-state index in [2.05, 4.69) is 0 Å². The van der Waals surface area contributed by atoms with Crippen molar-refractivity contribution < 1.29 is 34.3 Å². The van der Waals surface area contributed by atoms with E-state index in [0.29, 0.717) is 30.2 Å². The lowest BCUT2D eigenvalue weighted by Gasteiger charge is -2.40. The van der Waals surface area contributed by atoms with Gasteiger partial charge in [0.1, 0.15) is 30.2 Å². The second-order valence-electron chi connectivity index (χ2n) is 7.37. The summed E-state index contributed by atoms with van der Waals surface area (Å²) in [5.74, 6) is 0.803. The van der Waals surface area contributed by atoms with E-state index in [9.17, 15) is 15.3 Å². The molecule has 170 valence electrons. The SMILES string of the molecule is CCOc1ccc(Cc2cc([C@@H]3OC(OCCOC)[C@@H](O)[C@H](O)[C@H]3O)ccc2Cl)cc1. The predicted molar refractivity (Wildman–Crippen MR) is 115 cm³/mol. The summed E-state index contributed by atoms with van der Waals surface area (Å²) in [4.78, 5) is 0. The van der Waals surface area contributed by atoms with Gasteiger partial charge in [0.2, 0.25) is 0 Å². The van der Waals surface area contributed by atoms with Crippen LogP contribution in [0.5, 0.6) is 5.75 Å². The molecule has 1 heterocycles. The van der Waals surface area contributed by atoms with Gasteiger partial charge in [-0.3, -0.25) is 0 Å². The Kier molecular flexibility index (Phi) is 8.68. The molecule has 8 heteroatoms. The summed E-state index contributed by atoms with van der Waals surface area (Å²) in [6.07, 6.45) is -5.53. The highest BCUT2D eigenvalue weighted by Gasteiger charge is 2.44. The smallest absolute Gasteiger partial charge is 0.187 e. The van der Waals surface area contributed by atoms with Gasteiger partial charge in [-0.05, 0) is 48.2 Å². The van der Waals surface area contributed by atoms with E-state index in [-0.39, 0.29) is 6.61 Å². The normalized spacial score (nSPS) is 26.1. The molecule has 1 aliphatic rings. The molecule has 5 atom stereocenters. The first kappa shape index (κ1) is 23.9. The van der Waals surface area contributed by atoms with E-state index in [0.717, 1.165) is 16.9 Å². The van der Waals surface area contributed by atoms with Crippen LogP contribution in [0.3, 0.4) is 0 Å².